The van der Waals surface area contributed by atoms with Crippen LogP contribution >= 0.6 is 0 Å². The van der Waals surface area contributed by atoms with E-state index in [0.717, 1.165) is 34.5 Å². The zero-order valence-corrected chi connectivity index (χ0v) is 17.4. The number of rotatable bonds is 7. The van der Waals surface area contributed by atoms with Crippen molar-refractivity contribution in [3.8, 4) is 22.5 Å². The van der Waals surface area contributed by atoms with Crippen LogP contribution in [-0.2, 0) is 13.1 Å². The summed E-state index contributed by atoms with van der Waals surface area (Å²) < 4.78 is 3.33. The summed E-state index contributed by atoms with van der Waals surface area (Å²) in [6.07, 6.45) is 0.936. The van der Waals surface area contributed by atoms with E-state index in [9.17, 15) is 4.79 Å². The Bertz CT molecular complexity index is 1170. The lowest BCUT2D eigenvalue weighted by atomic mass is 9.98. The number of aromatic nitrogens is 7. The van der Waals surface area contributed by atoms with E-state index in [4.69, 9.17) is 0 Å². The number of aromatic amines is 1. The molecule has 154 valence electrons. The number of tetrazole rings is 1. The van der Waals surface area contributed by atoms with Crippen LogP contribution in [0, 0.1) is 0 Å². The molecule has 0 saturated carbocycles. The first-order valence-corrected chi connectivity index (χ1v) is 10.2. The van der Waals surface area contributed by atoms with Crippen molar-refractivity contribution in [1.82, 2.24) is 35.0 Å². The molecule has 0 radical (unpaired) electrons. The first kappa shape index (κ1) is 19.8. The predicted octanol–water partition coefficient (Wildman–Crippen LogP) is 3.47. The molecule has 2 aromatic heterocycles. The maximum Gasteiger partial charge on any atom is 0.346 e. The molecule has 0 spiro atoms. The molecule has 0 aliphatic heterocycles. The minimum absolute atomic E-state index is 0.0562. The van der Waals surface area contributed by atoms with Gasteiger partial charge in [-0.25, -0.2) is 9.48 Å². The zero-order valence-electron chi connectivity index (χ0n) is 17.4. The summed E-state index contributed by atoms with van der Waals surface area (Å²) >= 11 is 0. The third-order valence-corrected chi connectivity index (χ3v) is 5.42. The van der Waals surface area contributed by atoms with Gasteiger partial charge in [0.25, 0.3) is 0 Å². The molecule has 8 nitrogen and oxygen atoms in total. The normalized spacial score (nSPS) is 12.2. The minimum Gasteiger partial charge on any atom is -0.274 e. The topological polar surface area (TPSA) is 94.3 Å². The Morgan fingerprint density at radius 1 is 1.03 bits per heavy atom. The van der Waals surface area contributed by atoms with E-state index in [0.29, 0.717) is 18.9 Å². The summed E-state index contributed by atoms with van der Waals surface area (Å²) in [5.41, 5.74) is 4.00. The van der Waals surface area contributed by atoms with Gasteiger partial charge in [0.15, 0.2) is 0 Å². The van der Waals surface area contributed by atoms with Crippen LogP contribution in [0.1, 0.15) is 44.5 Å². The number of H-pyrrole nitrogens is 1. The monoisotopic (exact) mass is 403 g/mol. The van der Waals surface area contributed by atoms with Crippen LogP contribution in [0.3, 0.4) is 0 Å². The molecule has 1 atom stereocenters. The Hall–Kier alpha value is -3.55. The molecule has 0 aliphatic rings. The van der Waals surface area contributed by atoms with Gasteiger partial charge in [0.2, 0.25) is 5.82 Å². The highest BCUT2D eigenvalue weighted by Crippen LogP contribution is 2.29. The number of nitrogens with zero attached hydrogens (tertiary/aromatic N) is 6. The highest BCUT2D eigenvalue weighted by atomic mass is 16.2. The fraction of sp³-hybridized carbons (Fsp3) is 0.318. The van der Waals surface area contributed by atoms with Crippen molar-refractivity contribution < 1.29 is 0 Å². The Labute approximate surface area is 174 Å². The van der Waals surface area contributed by atoms with Gasteiger partial charge in [-0.05, 0) is 35.2 Å². The van der Waals surface area contributed by atoms with Crippen LogP contribution in [0.15, 0.2) is 53.3 Å². The second kappa shape index (κ2) is 8.44. The fourth-order valence-electron chi connectivity index (χ4n) is 3.54. The molecule has 1 unspecified atom stereocenters. The highest BCUT2D eigenvalue weighted by molar-refractivity contribution is 5.80. The molecule has 4 rings (SSSR count). The van der Waals surface area contributed by atoms with Crippen LogP contribution < -0.4 is 5.69 Å². The van der Waals surface area contributed by atoms with Gasteiger partial charge in [-0.2, -0.15) is 10.3 Å². The first-order valence-electron chi connectivity index (χ1n) is 10.2. The molecule has 30 heavy (non-hydrogen) atoms. The SMILES string of the molecule is CCC(C)c1nn(CC)c(=O)n1Cc1ccc(-c2ccccc2-c2nn[nH]n2)cc1. The van der Waals surface area contributed by atoms with Crippen LogP contribution in [0.2, 0.25) is 0 Å². The molecular weight excluding hydrogens is 378 g/mol. The molecule has 0 fully saturated rings. The van der Waals surface area contributed by atoms with Crippen molar-refractivity contribution in [3.05, 3.63) is 70.4 Å². The van der Waals surface area contributed by atoms with Gasteiger partial charge < -0.3 is 0 Å². The average Bonchev–Trinajstić information content (AvgIpc) is 3.43. The highest BCUT2D eigenvalue weighted by Gasteiger charge is 2.17. The summed E-state index contributed by atoms with van der Waals surface area (Å²) in [7, 11) is 0. The van der Waals surface area contributed by atoms with E-state index in [1.165, 1.54) is 4.68 Å². The molecule has 2 heterocycles. The van der Waals surface area contributed by atoms with E-state index < -0.39 is 0 Å². The number of benzene rings is 2. The van der Waals surface area contributed by atoms with Crippen molar-refractivity contribution in [2.75, 3.05) is 0 Å². The van der Waals surface area contributed by atoms with E-state index in [1.54, 1.807) is 4.57 Å². The van der Waals surface area contributed by atoms with Crippen LogP contribution in [0.5, 0.6) is 0 Å². The standard InChI is InChI=1S/C22H25N7O/c1-4-15(3)21-25-29(5-2)22(30)28(21)14-16-10-12-17(13-11-16)18-8-6-7-9-19(18)20-23-26-27-24-20/h6-13,15H,4-5,14H2,1-3H3,(H,23,24,26,27). The third kappa shape index (κ3) is 3.68. The van der Waals surface area contributed by atoms with Crippen molar-refractivity contribution in [1.29, 1.82) is 0 Å². The summed E-state index contributed by atoms with van der Waals surface area (Å²) in [5, 5.41) is 18.9. The quantitative estimate of drug-likeness (QED) is 0.510. The lowest BCUT2D eigenvalue weighted by Gasteiger charge is -2.11. The van der Waals surface area contributed by atoms with Crippen LogP contribution in [-0.4, -0.2) is 35.0 Å². The number of nitrogens with one attached hydrogen (secondary N) is 1. The summed E-state index contributed by atoms with van der Waals surface area (Å²) in [5.74, 6) is 1.63. The second-order valence-electron chi connectivity index (χ2n) is 7.33. The maximum absolute atomic E-state index is 12.8. The predicted molar refractivity (Wildman–Crippen MR) is 115 cm³/mol. The van der Waals surface area contributed by atoms with Gasteiger partial charge in [-0.15, -0.1) is 10.2 Å². The van der Waals surface area contributed by atoms with E-state index in [2.05, 4.69) is 63.8 Å². The van der Waals surface area contributed by atoms with Crippen LogP contribution in [0.4, 0.5) is 0 Å². The number of hydrogen-bond donors (Lipinski definition) is 1. The minimum atomic E-state index is -0.0562. The Balaban J connectivity index is 1.66. The lowest BCUT2D eigenvalue weighted by Crippen LogP contribution is -2.25. The molecule has 1 N–H and O–H groups in total. The Morgan fingerprint density at radius 2 is 1.77 bits per heavy atom. The zero-order chi connectivity index (χ0) is 21.1. The molecule has 0 saturated heterocycles. The maximum atomic E-state index is 12.8. The summed E-state index contributed by atoms with van der Waals surface area (Å²) in [6, 6.07) is 16.2. The fourth-order valence-corrected chi connectivity index (χ4v) is 3.54. The molecule has 2 aromatic carbocycles. The Morgan fingerprint density at radius 3 is 2.40 bits per heavy atom. The smallest absolute Gasteiger partial charge is 0.274 e. The first-order chi connectivity index (χ1) is 14.6. The van der Waals surface area contributed by atoms with E-state index in [-0.39, 0.29) is 11.6 Å². The van der Waals surface area contributed by atoms with Gasteiger partial charge in [0.1, 0.15) is 5.82 Å². The largest absolute Gasteiger partial charge is 0.346 e. The summed E-state index contributed by atoms with van der Waals surface area (Å²) in [4.78, 5) is 12.8. The Kier molecular flexibility index (Phi) is 5.56. The van der Waals surface area contributed by atoms with E-state index >= 15 is 0 Å². The lowest BCUT2D eigenvalue weighted by molar-refractivity contribution is 0.602. The summed E-state index contributed by atoms with van der Waals surface area (Å²) in [6.45, 7) is 7.23. The number of hydrogen-bond acceptors (Lipinski definition) is 5. The molecule has 0 amide bonds. The molecule has 4 aromatic rings. The van der Waals surface area contributed by atoms with Gasteiger partial charge in [0, 0.05) is 18.0 Å². The van der Waals surface area contributed by atoms with Crippen molar-refractivity contribution in [2.45, 2.75) is 46.2 Å². The van der Waals surface area contributed by atoms with Gasteiger partial charge in [0.05, 0.1) is 6.54 Å². The van der Waals surface area contributed by atoms with Gasteiger partial charge >= 0.3 is 5.69 Å². The van der Waals surface area contributed by atoms with Crippen LogP contribution in [0.25, 0.3) is 22.5 Å². The average molecular weight is 403 g/mol. The third-order valence-electron chi connectivity index (χ3n) is 5.42. The molecule has 8 heteroatoms. The molecular formula is C22H25N7O. The molecule has 0 aliphatic carbocycles. The van der Waals surface area contributed by atoms with Crippen molar-refractivity contribution >= 4 is 0 Å². The van der Waals surface area contributed by atoms with Gasteiger partial charge in [-0.3, -0.25) is 4.57 Å². The van der Waals surface area contributed by atoms with Gasteiger partial charge in [-0.1, -0.05) is 62.4 Å². The molecule has 0 bridgehead atoms. The second-order valence-corrected chi connectivity index (χ2v) is 7.33. The van der Waals surface area contributed by atoms with Crippen molar-refractivity contribution in [3.63, 3.8) is 0 Å². The van der Waals surface area contributed by atoms with E-state index in [1.807, 2.05) is 31.2 Å². The number of aryl methyl sites for hydroxylation is 1. The van der Waals surface area contributed by atoms with Crippen molar-refractivity contribution in [2.24, 2.45) is 0 Å².